The maximum absolute atomic E-state index is 12.3. The molecule has 3 rings (SSSR count). The lowest BCUT2D eigenvalue weighted by molar-refractivity contribution is 0.311. The first-order valence-electron chi connectivity index (χ1n) is 6.61. The van der Waals surface area contributed by atoms with E-state index >= 15 is 0 Å². The van der Waals surface area contributed by atoms with Gasteiger partial charge in [-0.2, -0.15) is 8.42 Å². The van der Waals surface area contributed by atoms with E-state index in [9.17, 15) is 8.42 Å². The number of thioether (sulfide) groups is 1. The summed E-state index contributed by atoms with van der Waals surface area (Å²) in [5.74, 6) is 1.35. The van der Waals surface area contributed by atoms with Gasteiger partial charge in [-0.3, -0.25) is 0 Å². The van der Waals surface area contributed by atoms with Crippen molar-refractivity contribution in [1.29, 1.82) is 0 Å². The van der Waals surface area contributed by atoms with Crippen LogP contribution in [-0.4, -0.2) is 43.9 Å². The minimum absolute atomic E-state index is 0.368. The predicted molar refractivity (Wildman–Crippen MR) is 85.8 cm³/mol. The number of likely N-dealkylation sites (N-methyl/N-ethyl adjacent to an activating group) is 1. The zero-order valence-electron chi connectivity index (χ0n) is 11.7. The summed E-state index contributed by atoms with van der Waals surface area (Å²) < 4.78 is 28.8. The molecule has 0 aromatic heterocycles. The number of nitrogens with zero attached hydrogens (tertiary/aromatic N) is 1. The smallest absolute Gasteiger partial charge is 0.328 e. The number of benzene rings is 1. The van der Waals surface area contributed by atoms with Crippen LogP contribution in [0.3, 0.4) is 0 Å². The highest BCUT2D eigenvalue weighted by Crippen LogP contribution is 2.44. The van der Waals surface area contributed by atoms with E-state index in [1.54, 1.807) is 11.8 Å². The summed E-state index contributed by atoms with van der Waals surface area (Å²) in [6.07, 6.45) is 0.760. The maximum Gasteiger partial charge on any atom is 0.328 e. The molecule has 0 unspecified atom stereocenters. The first-order chi connectivity index (χ1) is 9.92. The molecule has 1 aromatic rings. The lowest BCUT2D eigenvalue weighted by atomic mass is 9.99. The van der Waals surface area contributed by atoms with Gasteiger partial charge >= 0.3 is 10.1 Å². The first-order valence-corrected chi connectivity index (χ1v) is 9.50. The summed E-state index contributed by atoms with van der Waals surface area (Å²) in [7, 11) is -0.143. The van der Waals surface area contributed by atoms with Crippen molar-refractivity contribution in [2.45, 2.75) is 22.1 Å². The molecule has 0 aliphatic carbocycles. The zero-order chi connectivity index (χ0) is 15.2. The molecule has 2 aliphatic rings. The van der Waals surface area contributed by atoms with Gasteiger partial charge in [0, 0.05) is 16.2 Å². The van der Waals surface area contributed by atoms with Crippen LogP contribution in [0.25, 0.3) is 5.76 Å². The van der Waals surface area contributed by atoms with Gasteiger partial charge in [-0.15, -0.1) is 11.8 Å². The molecule has 7 heteroatoms. The molecule has 0 N–H and O–H groups in total. The van der Waals surface area contributed by atoms with Crippen LogP contribution in [-0.2, 0) is 14.3 Å². The summed E-state index contributed by atoms with van der Waals surface area (Å²) in [6.45, 7) is 0. The molecule has 2 aliphatic heterocycles. The Morgan fingerprint density at radius 1 is 1.33 bits per heavy atom. The standard InChI is InChI=1S/C14H16ClNO3S2/c1-16(2)12-10-7-8-20-11-6-4-3-5-9(11)13(10)19-21(17,18)14(12)15/h3-6,12,14H,7-8H2,1-2H3/t12-,14-/m0/s1. The molecule has 2 heterocycles. The van der Waals surface area contributed by atoms with E-state index < -0.39 is 14.8 Å². The van der Waals surface area contributed by atoms with Gasteiger partial charge in [0.05, 0.1) is 6.04 Å². The highest BCUT2D eigenvalue weighted by atomic mass is 35.5. The van der Waals surface area contributed by atoms with Crippen LogP contribution in [0.1, 0.15) is 12.0 Å². The molecule has 0 saturated heterocycles. The minimum atomic E-state index is -3.83. The van der Waals surface area contributed by atoms with Crippen molar-refractivity contribution in [2.24, 2.45) is 0 Å². The van der Waals surface area contributed by atoms with Gasteiger partial charge in [0.1, 0.15) is 0 Å². The molecular formula is C14H16ClNO3S2. The Hall–Kier alpha value is -0.690. The summed E-state index contributed by atoms with van der Waals surface area (Å²) >= 11 is 7.89. The van der Waals surface area contributed by atoms with Gasteiger partial charge in [-0.1, -0.05) is 29.8 Å². The monoisotopic (exact) mass is 345 g/mol. The average molecular weight is 346 g/mol. The Balaban J connectivity index is 2.23. The molecule has 0 radical (unpaired) electrons. The summed E-state index contributed by atoms with van der Waals surface area (Å²) in [4.78, 5) is 2.90. The zero-order valence-corrected chi connectivity index (χ0v) is 14.1. The van der Waals surface area contributed by atoms with Gasteiger partial charge in [-0.05, 0) is 32.2 Å². The molecule has 0 amide bonds. The third-order valence-corrected chi connectivity index (χ3v) is 6.87. The number of fused-ring (bicyclic) bond motifs is 2. The molecule has 0 bridgehead atoms. The van der Waals surface area contributed by atoms with Crippen LogP contribution < -0.4 is 0 Å². The third kappa shape index (κ3) is 2.59. The quantitative estimate of drug-likeness (QED) is 0.578. The lowest BCUT2D eigenvalue weighted by Crippen LogP contribution is -2.45. The van der Waals surface area contributed by atoms with E-state index in [2.05, 4.69) is 0 Å². The van der Waals surface area contributed by atoms with Crippen LogP contribution >= 0.6 is 23.4 Å². The van der Waals surface area contributed by atoms with Gasteiger partial charge < -0.3 is 9.08 Å². The van der Waals surface area contributed by atoms with Gasteiger partial charge in [-0.25, -0.2) is 0 Å². The van der Waals surface area contributed by atoms with Crippen molar-refractivity contribution in [1.82, 2.24) is 4.90 Å². The molecule has 21 heavy (non-hydrogen) atoms. The topological polar surface area (TPSA) is 46.6 Å². The molecule has 0 spiro atoms. The van der Waals surface area contributed by atoms with Crippen LogP contribution in [0.4, 0.5) is 0 Å². The average Bonchev–Trinajstić information content (AvgIpc) is 2.59. The van der Waals surface area contributed by atoms with Crippen LogP contribution in [0.2, 0.25) is 0 Å². The van der Waals surface area contributed by atoms with Crippen molar-refractivity contribution in [3.63, 3.8) is 0 Å². The second kappa shape index (κ2) is 5.50. The van der Waals surface area contributed by atoms with Crippen LogP contribution in [0, 0.1) is 0 Å². The highest BCUT2D eigenvalue weighted by molar-refractivity contribution is 7.99. The van der Waals surface area contributed by atoms with Crippen molar-refractivity contribution in [2.75, 3.05) is 19.8 Å². The number of alkyl halides is 1. The van der Waals surface area contributed by atoms with E-state index in [1.807, 2.05) is 43.3 Å². The number of hydrogen-bond donors (Lipinski definition) is 0. The van der Waals surface area contributed by atoms with Crippen LogP contribution in [0.5, 0.6) is 0 Å². The minimum Gasteiger partial charge on any atom is -0.381 e. The predicted octanol–water partition coefficient (Wildman–Crippen LogP) is 2.75. The Bertz CT molecular complexity index is 700. The number of halogens is 1. The third-order valence-electron chi connectivity index (χ3n) is 3.69. The summed E-state index contributed by atoms with van der Waals surface area (Å²) in [5, 5.41) is 0. The fourth-order valence-electron chi connectivity index (χ4n) is 2.74. The fourth-order valence-corrected chi connectivity index (χ4v) is 5.51. The molecule has 114 valence electrons. The van der Waals surface area contributed by atoms with Gasteiger partial charge in [0.2, 0.25) is 0 Å². The van der Waals surface area contributed by atoms with Crippen LogP contribution in [0.15, 0.2) is 34.7 Å². The Labute approximate surface area is 134 Å². The van der Waals surface area contributed by atoms with E-state index in [0.29, 0.717) is 5.76 Å². The number of rotatable bonds is 1. The normalized spacial score (nSPS) is 27.6. The van der Waals surface area contributed by atoms with E-state index in [1.165, 1.54) is 0 Å². The van der Waals surface area contributed by atoms with Crippen molar-refractivity contribution >= 4 is 39.2 Å². The van der Waals surface area contributed by atoms with Crippen molar-refractivity contribution in [3.05, 3.63) is 35.4 Å². The van der Waals surface area contributed by atoms with E-state index in [-0.39, 0.29) is 6.04 Å². The van der Waals surface area contributed by atoms with Crippen molar-refractivity contribution < 1.29 is 12.6 Å². The number of hydrogen-bond acceptors (Lipinski definition) is 5. The van der Waals surface area contributed by atoms with Gasteiger partial charge in [0.25, 0.3) is 0 Å². The molecule has 4 nitrogen and oxygen atoms in total. The molecule has 2 atom stereocenters. The molecule has 0 saturated carbocycles. The summed E-state index contributed by atoms with van der Waals surface area (Å²) in [6, 6.07) is 7.36. The molecular weight excluding hydrogens is 330 g/mol. The molecule has 0 fully saturated rings. The van der Waals surface area contributed by atoms with E-state index in [4.69, 9.17) is 15.8 Å². The highest BCUT2D eigenvalue weighted by Gasteiger charge is 2.44. The Morgan fingerprint density at radius 3 is 2.76 bits per heavy atom. The molecule has 1 aromatic carbocycles. The first kappa shape index (κ1) is 15.2. The second-order valence-electron chi connectivity index (χ2n) is 5.28. The SMILES string of the molecule is CN(C)[C@H]1C2=C(OS(=O)(=O)[C@@H]1Cl)c1ccccc1SCC2. The second-order valence-corrected chi connectivity index (χ2v) is 8.81. The lowest BCUT2D eigenvalue weighted by Gasteiger charge is -2.35. The largest absolute Gasteiger partial charge is 0.381 e. The van der Waals surface area contributed by atoms with Crippen molar-refractivity contribution in [3.8, 4) is 0 Å². The van der Waals surface area contributed by atoms with E-state index in [0.717, 1.165) is 28.2 Å². The summed E-state index contributed by atoms with van der Waals surface area (Å²) in [5.41, 5.74) is 1.81. The Kier molecular flexibility index (Phi) is 3.98. The maximum atomic E-state index is 12.3. The fraction of sp³-hybridized carbons (Fsp3) is 0.429. The Morgan fingerprint density at radius 2 is 2.05 bits per heavy atom. The van der Waals surface area contributed by atoms with Gasteiger partial charge in [0.15, 0.2) is 10.5 Å².